The number of aryl methyl sites for hydroxylation is 1. The van der Waals surface area contributed by atoms with E-state index in [1.54, 1.807) is 28.4 Å². The minimum absolute atomic E-state index is 0.168. The van der Waals surface area contributed by atoms with Crippen molar-refractivity contribution in [3.05, 3.63) is 35.9 Å². The second-order valence-electron chi connectivity index (χ2n) is 4.66. The predicted octanol–water partition coefficient (Wildman–Crippen LogP) is 2.49. The van der Waals surface area contributed by atoms with Crippen LogP contribution in [-0.4, -0.2) is 25.2 Å². The van der Waals surface area contributed by atoms with Crippen molar-refractivity contribution in [2.24, 2.45) is 0 Å². The first-order valence-corrected chi connectivity index (χ1v) is 7.55. The lowest BCUT2D eigenvalue weighted by atomic mass is 10.2. The molecule has 0 radical (unpaired) electrons. The summed E-state index contributed by atoms with van der Waals surface area (Å²) in [5.41, 5.74) is 1.51. The maximum Gasteiger partial charge on any atom is 0.319 e. The Labute approximate surface area is 125 Å². The van der Waals surface area contributed by atoms with Gasteiger partial charge in [-0.3, -0.25) is 9.08 Å². The first-order chi connectivity index (χ1) is 10.2. The van der Waals surface area contributed by atoms with E-state index in [4.69, 9.17) is 0 Å². The van der Waals surface area contributed by atoms with E-state index in [0.29, 0.717) is 5.69 Å². The topological polar surface area (TPSA) is 76.2 Å². The molecule has 1 atom stereocenters. The van der Waals surface area contributed by atoms with Crippen LogP contribution in [0.4, 0.5) is 10.5 Å². The number of hydrogen-bond donors (Lipinski definition) is 2. The van der Waals surface area contributed by atoms with E-state index >= 15 is 0 Å². The zero-order valence-corrected chi connectivity index (χ0v) is 12.6. The van der Waals surface area contributed by atoms with Crippen molar-refractivity contribution >= 4 is 28.0 Å². The SMILES string of the molecule is CCn1cc(NC(=O)N[C@@H](C)c2cn3ccsc3n2)cn1. The minimum Gasteiger partial charge on any atom is -0.330 e. The van der Waals surface area contributed by atoms with Crippen LogP contribution in [0.5, 0.6) is 0 Å². The monoisotopic (exact) mass is 304 g/mol. The fraction of sp³-hybridized carbons (Fsp3) is 0.308. The molecule has 7 nitrogen and oxygen atoms in total. The van der Waals surface area contributed by atoms with E-state index < -0.39 is 0 Å². The molecule has 3 heterocycles. The summed E-state index contributed by atoms with van der Waals surface area (Å²) < 4.78 is 3.70. The van der Waals surface area contributed by atoms with Gasteiger partial charge in [-0.2, -0.15) is 5.10 Å². The summed E-state index contributed by atoms with van der Waals surface area (Å²) >= 11 is 1.56. The molecule has 0 fully saturated rings. The number of nitrogens with one attached hydrogen (secondary N) is 2. The molecule has 0 aliphatic rings. The highest BCUT2D eigenvalue weighted by Gasteiger charge is 2.14. The highest BCUT2D eigenvalue weighted by atomic mass is 32.1. The molecule has 3 aromatic rings. The van der Waals surface area contributed by atoms with E-state index in [0.717, 1.165) is 17.2 Å². The van der Waals surface area contributed by atoms with Gasteiger partial charge < -0.3 is 10.6 Å². The Kier molecular flexibility index (Phi) is 3.61. The lowest BCUT2D eigenvalue weighted by Crippen LogP contribution is -2.31. The van der Waals surface area contributed by atoms with Crippen LogP contribution in [0.25, 0.3) is 4.96 Å². The molecule has 2 amide bonds. The average molecular weight is 304 g/mol. The number of hydrogen-bond acceptors (Lipinski definition) is 4. The normalized spacial score (nSPS) is 12.5. The van der Waals surface area contributed by atoms with Crippen molar-refractivity contribution in [2.45, 2.75) is 26.4 Å². The number of carbonyl (C=O) groups excluding carboxylic acids is 1. The molecule has 0 aromatic carbocycles. The van der Waals surface area contributed by atoms with Crippen molar-refractivity contribution in [1.29, 1.82) is 0 Å². The van der Waals surface area contributed by atoms with Gasteiger partial charge in [-0.25, -0.2) is 9.78 Å². The molecule has 0 bridgehead atoms. The van der Waals surface area contributed by atoms with Crippen LogP contribution in [-0.2, 0) is 6.54 Å². The van der Waals surface area contributed by atoms with Crippen LogP contribution in [0.2, 0.25) is 0 Å². The Morgan fingerprint density at radius 2 is 2.33 bits per heavy atom. The number of carbonyl (C=O) groups is 1. The van der Waals surface area contributed by atoms with E-state index in [1.807, 2.05) is 36.0 Å². The number of urea groups is 1. The van der Waals surface area contributed by atoms with Gasteiger partial charge in [-0.1, -0.05) is 0 Å². The maximum atomic E-state index is 12.0. The van der Waals surface area contributed by atoms with Crippen LogP contribution in [0.15, 0.2) is 30.2 Å². The Hall–Kier alpha value is -2.35. The van der Waals surface area contributed by atoms with Crippen LogP contribution in [0, 0.1) is 0 Å². The van der Waals surface area contributed by atoms with E-state index in [-0.39, 0.29) is 12.1 Å². The van der Waals surface area contributed by atoms with Crippen molar-refractivity contribution in [3.8, 4) is 0 Å². The van der Waals surface area contributed by atoms with Gasteiger partial charge in [0.05, 0.1) is 23.6 Å². The summed E-state index contributed by atoms with van der Waals surface area (Å²) in [6.45, 7) is 4.66. The van der Waals surface area contributed by atoms with Crippen molar-refractivity contribution in [1.82, 2.24) is 24.5 Å². The molecule has 110 valence electrons. The standard InChI is InChI=1S/C13H16N6OS/c1-3-19-7-10(6-14-19)16-12(20)15-9(2)11-8-18-4-5-21-13(18)17-11/h4-9H,3H2,1-2H3,(H2,15,16,20)/t9-/m0/s1. The van der Waals surface area contributed by atoms with E-state index in [2.05, 4.69) is 20.7 Å². The number of thiazole rings is 1. The van der Waals surface area contributed by atoms with Gasteiger partial charge >= 0.3 is 6.03 Å². The summed E-state index contributed by atoms with van der Waals surface area (Å²) in [6, 6.07) is -0.437. The quantitative estimate of drug-likeness (QED) is 0.777. The number of nitrogens with zero attached hydrogens (tertiary/aromatic N) is 4. The van der Waals surface area contributed by atoms with E-state index in [9.17, 15) is 4.79 Å². The van der Waals surface area contributed by atoms with Gasteiger partial charge in [-0.05, 0) is 13.8 Å². The first kappa shape index (κ1) is 13.6. The summed E-state index contributed by atoms with van der Waals surface area (Å²) in [7, 11) is 0. The summed E-state index contributed by atoms with van der Waals surface area (Å²) in [5.74, 6) is 0. The van der Waals surface area contributed by atoms with Crippen molar-refractivity contribution in [2.75, 3.05) is 5.32 Å². The Balaban J connectivity index is 1.62. The molecule has 21 heavy (non-hydrogen) atoms. The molecule has 3 rings (SSSR count). The fourth-order valence-electron chi connectivity index (χ4n) is 1.99. The molecule has 3 aromatic heterocycles. The highest BCUT2D eigenvalue weighted by Crippen LogP contribution is 2.16. The molecule has 0 aliphatic carbocycles. The molecule has 0 aliphatic heterocycles. The molecule has 2 N–H and O–H groups in total. The number of fused-ring (bicyclic) bond motifs is 1. The molecule has 8 heteroatoms. The summed E-state index contributed by atoms with van der Waals surface area (Å²) in [4.78, 5) is 17.3. The number of rotatable bonds is 4. The Morgan fingerprint density at radius 1 is 1.48 bits per heavy atom. The number of anilines is 1. The minimum atomic E-state index is -0.269. The van der Waals surface area contributed by atoms with Crippen LogP contribution in [0.3, 0.4) is 0 Å². The van der Waals surface area contributed by atoms with Gasteiger partial charge in [0.2, 0.25) is 0 Å². The van der Waals surface area contributed by atoms with Gasteiger partial charge in [0, 0.05) is 30.5 Å². The Morgan fingerprint density at radius 3 is 3.05 bits per heavy atom. The second kappa shape index (κ2) is 5.57. The number of amides is 2. The summed E-state index contributed by atoms with van der Waals surface area (Å²) in [5, 5.41) is 11.7. The first-order valence-electron chi connectivity index (χ1n) is 6.67. The third-order valence-corrected chi connectivity index (χ3v) is 3.89. The molecule has 0 saturated carbocycles. The van der Waals surface area contributed by atoms with Crippen LogP contribution in [0.1, 0.15) is 25.6 Å². The largest absolute Gasteiger partial charge is 0.330 e. The zero-order valence-electron chi connectivity index (χ0n) is 11.8. The highest BCUT2D eigenvalue weighted by molar-refractivity contribution is 7.15. The summed E-state index contributed by atoms with van der Waals surface area (Å²) in [6.07, 6.45) is 7.28. The smallest absolute Gasteiger partial charge is 0.319 e. The van der Waals surface area contributed by atoms with Gasteiger partial charge in [0.15, 0.2) is 4.96 Å². The average Bonchev–Trinajstić information content (AvgIpc) is 3.12. The third kappa shape index (κ3) is 2.89. The lowest BCUT2D eigenvalue weighted by Gasteiger charge is -2.11. The van der Waals surface area contributed by atoms with Gasteiger partial charge in [0.1, 0.15) is 0 Å². The molecular weight excluding hydrogens is 288 g/mol. The number of aromatic nitrogens is 4. The molecule has 0 spiro atoms. The second-order valence-corrected chi connectivity index (χ2v) is 5.54. The predicted molar refractivity (Wildman–Crippen MR) is 81.5 cm³/mol. The number of imidazole rings is 1. The molecule has 0 unspecified atom stereocenters. The Bertz CT molecular complexity index is 729. The van der Waals surface area contributed by atoms with Crippen molar-refractivity contribution in [3.63, 3.8) is 0 Å². The molecular formula is C13H16N6OS. The van der Waals surface area contributed by atoms with Gasteiger partial charge in [-0.15, -0.1) is 11.3 Å². The maximum absolute atomic E-state index is 12.0. The molecule has 0 saturated heterocycles. The van der Waals surface area contributed by atoms with Crippen LogP contribution < -0.4 is 10.6 Å². The van der Waals surface area contributed by atoms with Crippen molar-refractivity contribution < 1.29 is 4.79 Å². The van der Waals surface area contributed by atoms with Crippen LogP contribution >= 0.6 is 11.3 Å². The fourth-order valence-corrected chi connectivity index (χ4v) is 2.70. The lowest BCUT2D eigenvalue weighted by molar-refractivity contribution is 0.249. The van der Waals surface area contributed by atoms with Gasteiger partial charge in [0.25, 0.3) is 0 Å². The zero-order chi connectivity index (χ0) is 14.8. The third-order valence-electron chi connectivity index (χ3n) is 3.12. The van der Waals surface area contributed by atoms with E-state index in [1.165, 1.54) is 0 Å².